The van der Waals surface area contributed by atoms with Gasteiger partial charge >= 0.3 is 5.97 Å². The molecular weight excluding hydrogens is 170 g/mol. The van der Waals surface area contributed by atoms with Crippen LogP contribution in [-0.2, 0) is 9.59 Å². The zero-order chi connectivity index (χ0) is 9.59. The second-order valence-corrected chi connectivity index (χ2v) is 3.94. The Morgan fingerprint density at radius 3 is 2.69 bits per heavy atom. The largest absolute Gasteiger partial charge is 0.480 e. The number of fused-ring (bicyclic) bond motifs is 1. The van der Waals surface area contributed by atoms with Crippen LogP contribution < -0.4 is 0 Å². The number of carbonyl (C=O) groups excluding carboxylic acids is 1. The van der Waals surface area contributed by atoms with Crippen molar-refractivity contribution in [1.29, 1.82) is 0 Å². The molecule has 0 spiro atoms. The van der Waals surface area contributed by atoms with Crippen LogP contribution in [0.3, 0.4) is 0 Å². The molecule has 2 aliphatic rings. The highest BCUT2D eigenvalue weighted by Crippen LogP contribution is 2.48. The standard InChI is InChI=1S/C9H13NO3/c1-5(11)10-3-2-6-4-7(6)8(10)9(12)13/h6-8H,2-4H2,1H3,(H,12,13)/t6-,7+,8+/m0/s1. The van der Waals surface area contributed by atoms with Crippen molar-refractivity contribution in [2.75, 3.05) is 6.54 Å². The van der Waals surface area contributed by atoms with E-state index in [9.17, 15) is 9.59 Å². The zero-order valence-corrected chi connectivity index (χ0v) is 7.56. The van der Waals surface area contributed by atoms with Crippen molar-refractivity contribution < 1.29 is 14.7 Å². The van der Waals surface area contributed by atoms with Crippen molar-refractivity contribution in [3.63, 3.8) is 0 Å². The predicted octanol–water partition coefficient (Wildman–Crippen LogP) is 0.328. The summed E-state index contributed by atoms with van der Waals surface area (Å²) in [5.74, 6) is -0.160. The average molecular weight is 183 g/mol. The van der Waals surface area contributed by atoms with Gasteiger partial charge in [0.15, 0.2) is 0 Å². The third-order valence-electron chi connectivity index (χ3n) is 3.12. The lowest BCUT2D eigenvalue weighted by Gasteiger charge is -2.31. The minimum atomic E-state index is -0.845. The molecule has 1 saturated heterocycles. The summed E-state index contributed by atoms with van der Waals surface area (Å²) < 4.78 is 0. The van der Waals surface area contributed by atoms with Gasteiger partial charge in [0.2, 0.25) is 5.91 Å². The summed E-state index contributed by atoms with van der Waals surface area (Å²) in [6.07, 6.45) is 1.97. The molecule has 2 rings (SSSR count). The van der Waals surface area contributed by atoms with Gasteiger partial charge in [-0.05, 0) is 24.7 Å². The minimum Gasteiger partial charge on any atom is -0.480 e. The summed E-state index contributed by atoms with van der Waals surface area (Å²) in [4.78, 5) is 23.5. The van der Waals surface area contributed by atoms with Gasteiger partial charge in [0, 0.05) is 13.5 Å². The molecule has 0 aromatic rings. The molecule has 2 fully saturated rings. The first-order chi connectivity index (χ1) is 6.11. The van der Waals surface area contributed by atoms with Gasteiger partial charge in [-0.25, -0.2) is 4.79 Å². The fraction of sp³-hybridized carbons (Fsp3) is 0.778. The number of piperidine rings is 1. The average Bonchev–Trinajstić information content (AvgIpc) is 2.79. The van der Waals surface area contributed by atoms with E-state index in [0.29, 0.717) is 12.5 Å². The second-order valence-electron chi connectivity index (χ2n) is 3.94. The third-order valence-corrected chi connectivity index (χ3v) is 3.12. The zero-order valence-electron chi connectivity index (χ0n) is 7.56. The number of likely N-dealkylation sites (tertiary alicyclic amines) is 1. The highest BCUT2D eigenvalue weighted by molar-refractivity contribution is 5.83. The van der Waals surface area contributed by atoms with Crippen molar-refractivity contribution in [3.05, 3.63) is 0 Å². The molecule has 1 amide bonds. The first-order valence-corrected chi connectivity index (χ1v) is 4.61. The first-order valence-electron chi connectivity index (χ1n) is 4.61. The quantitative estimate of drug-likeness (QED) is 0.637. The van der Waals surface area contributed by atoms with Gasteiger partial charge in [0.05, 0.1) is 0 Å². The number of carboxylic acids is 1. The van der Waals surface area contributed by atoms with Crippen molar-refractivity contribution in [3.8, 4) is 0 Å². The van der Waals surface area contributed by atoms with Gasteiger partial charge in [0.25, 0.3) is 0 Å². The molecule has 1 N–H and O–H groups in total. The van der Waals surface area contributed by atoms with E-state index >= 15 is 0 Å². The van der Waals surface area contributed by atoms with Crippen LogP contribution in [0.25, 0.3) is 0 Å². The second kappa shape index (κ2) is 2.72. The molecule has 0 aromatic carbocycles. The smallest absolute Gasteiger partial charge is 0.326 e. The van der Waals surface area contributed by atoms with Crippen LogP contribution >= 0.6 is 0 Å². The molecule has 1 aliphatic heterocycles. The molecule has 4 heteroatoms. The van der Waals surface area contributed by atoms with Crippen LogP contribution in [0.1, 0.15) is 19.8 Å². The Bertz CT molecular complexity index is 264. The van der Waals surface area contributed by atoms with E-state index in [0.717, 1.165) is 12.8 Å². The van der Waals surface area contributed by atoms with Gasteiger partial charge in [-0.3, -0.25) is 4.79 Å². The lowest BCUT2D eigenvalue weighted by Crippen LogP contribution is -2.48. The number of amides is 1. The van der Waals surface area contributed by atoms with Crippen LogP contribution in [0.15, 0.2) is 0 Å². The number of rotatable bonds is 1. The maximum absolute atomic E-state index is 11.1. The highest BCUT2D eigenvalue weighted by atomic mass is 16.4. The van der Waals surface area contributed by atoms with Crippen molar-refractivity contribution in [2.45, 2.75) is 25.8 Å². The van der Waals surface area contributed by atoms with Crippen LogP contribution in [0.2, 0.25) is 0 Å². The topological polar surface area (TPSA) is 57.6 Å². The fourth-order valence-corrected chi connectivity index (χ4v) is 2.33. The highest BCUT2D eigenvalue weighted by Gasteiger charge is 2.52. The summed E-state index contributed by atoms with van der Waals surface area (Å²) >= 11 is 0. The number of carbonyl (C=O) groups is 2. The minimum absolute atomic E-state index is 0.113. The van der Waals surface area contributed by atoms with Crippen LogP contribution in [0.4, 0.5) is 0 Å². The summed E-state index contributed by atoms with van der Waals surface area (Å²) in [7, 11) is 0. The molecule has 3 atom stereocenters. The number of hydrogen-bond donors (Lipinski definition) is 1. The van der Waals surface area contributed by atoms with E-state index < -0.39 is 12.0 Å². The molecule has 1 saturated carbocycles. The van der Waals surface area contributed by atoms with Crippen LogP contribution in [0, 0.1) is 11.8 Å². The monoisotopic (exact) mass is 183 g/mol. The molecule has 4 nitrogen and oxygen atoms in total. The predicted molar refractivity (Wildman–Crippen MR) is 45.0 cm³/mol. The fourth-order valence-electron chi connectivity index (χ4n) is 2.33. The molecule has 0 unspecified atom stereocenters. The van der Waals surface area contributed by atoms with Crippen molar-refractivity contribution >= 4 is 11.9 Å². The maximum Gasteiger partial charge on any atom is 0.326 e. The summed E-state index contributed by atoms with van der Waals surface area (Å²) in [5.41, 5.74) is 0. The van der Waals surface area contributed by atoms with Crippen LogP contribution in [0.5, 0.6) is 0 Å². The Labute approximate surface area is 76.5 Å². The van der Waals surface area contributed by atoms with E-state index in [-0.39, 0.29) is 11.8 Å². The van der Waals surface area contributed by atoms with Gasteiger partial charge < -0.3 is 10.0 Å². The summed E-state index contributed by atoms with van der Waals surface area (Å²) in [5, 5.41) is 8.96. The SMILES string of the molecule is CC(=O)N1CC[C@H]2C[C@H]2[C@@H]1C(=O)O. The molecule has 13 heavy (non-hydrogen) atoms. The summed E-state index contributed by atoms with van der Waals surface area (Å²) in [6.45, 7) is 2.06. The number of aliphatic carboxylic acids is 1. The summed E-state index contributed by atoms with van der Waals surface area (Å²) in [6, 6.07) is -0.545. The molecular formula is C9H13NO3. The van der Waals surface area contributed by atoms with Crippen LogP contribution in [-0.4, -0.2) is 34.5 Å². The molecule has 0 radical (unpaired) electrons. The molecule has 0 aromatic heterocycles. The Morgan fingerprint density at radius 2 is 2.15 bits per heavy atom. The molecule has 0 bridgehead atoms. The lowest BCUT2D eigenvalue weighted by atomic mass is 10.0. The first kappa shape index (κ1) is 8.53. The maximum atomic E-state index is 11.1. The third kappa shape index (κ3) is 1.30. The van der Waals surface area contributed by atoms with Gasteiger partial charge in [-0.15, -0.1) is 0 Å². The number of carboxylic acid groups (broad SMARTS) is 1. The van der Waals surface area contributed by atoms with E-state index in [1.807, 2.05) is 0 Å². The molecule has 1 aliphatic carbocycles. The van der Waals surface area contributed by atoms with E-state index in [1.54, 1.807) is 0 Å². The molecule has 1 heterocycles. The Kier molecular flexibility index (Phi) is 1.78. The Balaban J connectivity index is 2.16. The number of hydrogen-bond acceptors (Lipinski definition) is 2. The Hall–Kier alpha value is -1.06. The van der Waals surface area contributed by atoms with Gasteiger partial charge in [0.1, 0.15) is 6.04 Å². The molecule has 72 valence electrons. The normalized spacial score (nSPS) is 36.7. The van der Waals surface area contributed by atoms with Crippen molar-refractivity contribution in [2.24, 2.45) is 11.8 Å². The number of nitrogens with zero attached hydrogens (tertiary/aromatic N) is 1. The lowest BCUT2D eigenvalue weighted by molar-refractivity contribution is -0.151. The van der Waals surface area contributed by atoms with Crippen molar-refractivity contribution in [1.82, 2.24) is 4.90 Å². The van der Waals surface area contributed by atoms with Gasteiger partial charge in [-0.2, -0.15) is 0 Å². The van der Waals surface area contributed by atoms with E-state index in [1.165, 1.54) is 11.8 Å². The van der Waals surface area contributed by atoms with Gasteiger partial charge in [-0.1, -0.05) is 0 Å². The Morgan fingerprint density at radius 1 is 1.46 bits per heavy atom. The van der Waals surface area contributed by atoms with E-state index in [2.05, 4.69) is 0 Å². The van der Waals surface area contributed by atoms with E-state index in [4.69, 9.17) is 5.11 Å².